The van der Waals surface area contributed by atoms with Gasteiger partial charge < -0.3 is 27.5 Å². The summed E-state index contributed by atoms with van der Waals surface area (Å²) in [6.07, 6.45) is 0. The van der Waals surface area contributed by atoms with Gasteiger partial charge in [-0.05, 0) is 154 Å². The normalized spacial score (nSPS) is 12.3. The van der Waals surface area contributed by atoms with E-state index in [-0.39, 0.29) is 0 Å². The van der Waals surface area contributed by atoms with Gasteiger partial charge >= 0.3 is 0 Å². The van der Waals surface area contributed by atoms with Crippen molar-refractivity contribution in [3.05, 3.63) is 216 Å². The summed E-state index contributed by atoms with van der Waals surface area (Å²) in [5.74, 6) is 0.650. The Hall–Kier alpha value is -9.26. The van der Waals surface area contributed by atoms with Crippen molar-refractivity contribution in [3.8, 4) is 0 Å². The fraction of sp³-hybridized carbons (Fsp3) is 0.114. The van der Waals surface area contributed by atoms with Crippen LogP contribution in [0.4, 0.5) is 34.1 Å². The second-order valence-electron chi connectivity index (χ2n) is 21.3. The minimum Gasteiger partial charge on any atom is -0.454 e. The van der Waals surface area contributed by atoms with E-state index in [0.29, 0.717) is 11.8 Å². The molecule has 6 heteroatoms. The molecule has 0 aliphatic carbocycles. The molecular formula is C70H52N2O4. The third kappa shape index (κ3) is 6.59. The van der Waals surface area contributed by atoms with E-state index in [0.717, 1.165) is 155 Å². The molecule has 0 aliphatic heterocycles. The number of benzene rings is 11. The molecule has 0 N–H and O–H groups in total. The molecule has 0 spiro atoms. The smallest absolute Gasteiger partial charge is 0.178 e. The summed E-state index contributed by atoms with van der Waals surface area (Å²) in [5, 5.41) is 13.0. The molecular weight excluding hydrogens is 933 g/mol. The Bertz CT molecular complexity index is 4580. The molecule has 15 aromatic rings. The molecule has 0 amide bonds. The van der Waals surface area contributed by atoms with Gasteiger partial charge in [-0.3, -0.25) is 0 Å². The standard InChI is InChI=1S/C70H52N2O4/c1-39(2)49-17-11-19-51-53-21-13-25-61(67(53)75-65(49)51)71(59-23-9-7-15-41(59)5)47-29-27-43-35-57-55-31-32-56-58-36-44-28-30-48(34-46(44)38-64(58)74-70(56)69(55)73-63(57)37-45(43)33-47)72(60-24-10-8-16-42(60)6)62-26-14-22-54-52-20-12-18-50(40(3)4)66(52)76-68(54)62/h7-40H,1-6H3. The first-order valence-electron chi connectivity index (χ1n) is 26.4. The van der Waals surface area contributed by atoms with Crippen LogP contribution in [-0.4, -0.2) is 0 Å². The zero-order chi connectivity index (χ0) is 51.1. The molecule has 366 valence electrons. The highest BCUT2D eigenvalue weighted by molar-refractivity contribution is 6.22. The van der Waals surface area contributed by atoms with Crippen LogP contribution in [0.15, 0.2) is 212 Å². The summed E-state index contributed by atoms with van der Waals surface area (Å²) in [7, 11) is 0. The van der Waals surface area contributed by atoms with Gasteiger partial charge in [-0.25, -0.2) is 0 Å². The van der Waals surface area contributed by atoms with Crippen LogP contribution in [0.1, 0.15) is 61.8 Å². The largest absolute Gasteiger partial charge is 0.454 e. The van der Waals surface area contributed by atoms with Gasteiger partial charge in [0.2, 0.25) is 0 Å². The number of para-hydroxylation sites is 6. The Kier molecular flexibility index (Phi) is 9.68. The van der Waals surface area contributed by atoms with E-state index in [2.05, 4.69) is 245 Å². The summed E-state index contributed by atoms with van der Waals surface area (Å²) in [6, 6.07) is 69.8. The summed E-state index contributed by atoms with van der Waals surface area (Å²) < 4.78 is 27.6. The first-order valence-corrected chi connectivity index (χ1v) is 26.4. The predicted molar refractivity (Wildman–Crippen MR) is 318 cm³/mol. The lowest BCUT2D eigenvalue weighted by Crippen LogP contribution is -2.11. The highest BCUT2D eigenvalue weighted by Gasteiger charge is 2.25. The van der Waals surface area contributed by atoms with E-state index < -0.39 is 0 Å². The van der Waals surface area contributed by atoms with Crippen LogP contribution in [0.25, 0.3) is 109 Å². The maximum atomic E-state index is 6.91. The Morgan fingerprint density at radius 1 is 0.289 bits per heavy atom. The Balaban J connectivity index is 0.856. The number of nitrogens with zero attached hydrogens (tertiary/aromatic N) is 2. The zero-order valence-electron chi connectivity index (χ0n) is 43.2. The lowest BCUT2D eigenvalue weighted by molar-refractivity contribution is 0.634. The first kappa shape index (κ1) is 44.2. The van der Waals surface area contributed by atoms with Crippen LogP contribution < -0.4 is 9.80 Å². The maximum Gasteiger partial charge on any atom is 0.178 e. The molecule has 4 heterocycles. The van der Waals surface area contributed by atoms with Gasteiger partial charge in [-0.2, -0.15) is 0 Å². The second-order valence-corrected chi connectivity index (χ2v) is 21.3. The van der Waals surface area contributed by atoms with Crippen molar-refractivity contribution in [1.82, 2.24) is 0 Å². The average molecular weight is 985 g/mol. The van der Waals surface area contributed by atoms with Crippen molar-refractivity contribution in [2.75, 3.05) is 9.80 Å². The summed E-state index contributed by atoms with van der Waals surface area (Å²) in [5.41, 5.74) is 17.7. The van der Waals surface area contributed by atoms with Gasteiger partial charge in [0.25, 0.3) is 0 Å². The quantitative estimate of drug-likeness (QED) is 0.151. The van der Waals surface area contributed by atoms with Crippen molar-refractivity contribution in [2.45, 2.75) is 53.4 Å². The number of aryl methyl sites for hydroxylation is 2. The molecule has 0 unspecified atom stereocenters. The van der Waals surface area contributed by atoms with Gasteiger partial charge in [-0.1, -0.05) is 137 Å². The van der Waals surface area contributed by atoms with Gasteiger partial charge in [0, 0.05) is 65.8 Å². The van der Waals surface area contributed by atoms with Crippen LogP contribution >= 0.6 is 0 Å². The van der Waals surface area contributed by atoms with E-state index >= 15 is 0 Å². The summed E-state index contributed by atoms with van der Waals surface area (Å²) in [4.78, 5) is 4.68. The lowest BCUT2D eigenvalue weighted by Gasteiger charge is -2.27. The van der Waals surface area contributed by atoms with Gasteiger partial charge in [0.05, 0.1) is 11.4 Å². The molecule has 4 aromatic heterocycles. The van der Waals surface area contributed by atoms with Crippen molar-refractivity contribution < 1.29 is 17.7 Å². The van der Waals surface area contributed by atoms with E-state index in [9.17, 15) is 0 Å². The molecule has 0 radical (unpaired) electrons. The highest BCUT2D eigenvalue weighted by Crippen LogP contribution is 2.48. The van der Waals surface area contributed by atoms with Crippen LogP contribution in [0.2, 0.25) is 0 Å². The number of fused-ring (bicyclic) bond motifs is 15. The molecule has 0 atom stereocenters. The monoisotopic (exact) mass is 984 g/mol. The third-order valence-electron chi connectivity index (χ3n) is 16.0. The number of furan rings is 4. The van der Waals surface area contributed by atoms with Gasteiger partial charge in [-0.15, -0.1) is 0 Å². The van der Waals surface area contributed by atoms with Crippen LogP contribution in [0, 0.1) is 13.8 Å². The van der Waals surface area contributed by atoms with Crippen molar-refractivity contribution >= 4 is 143 Å². The van der Waals surface area contributed by atoms with Crippen molar-refractivity contribution in [3.63, 3.8) is 0 Å². The molecule has 0 saturated carbocycles. The van der Waals surface area contributed by atoms with Crippen molar-refractivity contribution in [2.24, 2.45) is 0 Å². The summed E-state index contributed by atoms with van der Waals surface area (Å²) >= 11 is 0. The number of hydrogen-bond acceptors (Lipinski definition) is 6. The molecule has 15 rings (SSSR count). The molecule has 76 heavy (non-hydrogen) atoms. The topological polar surface area (TPSA) is 59.0 Å². The Morgan fingerprint density at radius 2 is 0.671 bits per heavy atom. The molecule has 0 saturated heterocycles. The van der Waals surface area contributed by atoms with Crippen LogP contribution in [0.5, 0.6) is 0 Å². The maximum absolute atomic E-state index is 6.91. The minimum atomic E-state index is 0.325. The van der Waals surface area contributed by atoms with E-state index in [4.69, 9.17) is 17.7 Å². The molecule has 6 nitrogen and oxygen atoms in total. The highest BCUT2D eigenvalue weighted by atomic mass is 16.4. The Labute approximate surface area is 438 Å². The van der Waals surface area contributed by atoms with Crippen LogP contribution in [-0.2, 0) is 0 Å². The SMILES string of the molecule is Cc1ccccc1N(c1ccc2cc3c(cc2c1)oc1c3ccc2c3cc4ccc(N(c5ccccc5C)c5cccc6c5oc5c(C(C)C)cccc56)cc4cc3oc21)c1cccc2c1oc1c(C(C)C)cccc12. The minimum absolute atomic E-state index is 0.325. The third-order valence-corrected chi connectivity index (χ3v) is 16.0. The van der Waals surface area contributed by atoms with Crippen molar-refractivity contribution in [1.29, 1.82) is 0 Å². The molecule has 0 bridgehead atoms. The first-order chi connectivity index (χ1) is 37.1. The molecule has 0 aliphatic rings. The fourth-order valence-electron chi connectivity index (χ4n) is 12.2. The molecule has 0 fully saturated rings. The van der Waals surface area contributed by atoms with E-state index in [1.54, 1.807) is 0 Å². The average Bonchev–Trinajstić information content (AvgIpc) is 4.32. The van der Waals surface area contributed by atoms with Gasteiger partial charge in [0.1, 0.15) is 22.3 Å². The number of hydrogen-bond donors (Lipinski definition) is 0. The molecule has 11 aromatic carbocycles. The van der Waals surface area contributed by atoms with Gasteiger partial charge in [0.15, 0.2) is 22.3 Å². The Morgan fingerprint density at radius 3 is 1.09 bits per heavy atom. The second kappa shape index (κ2) is 16.6. The van der Waals surface area contributed by atoms with E-state index in [1.165, 1.54) is 11.1 Å². The summed E-state index contributed by atoms with van der Waals surface area (Å²) in [6.45, 7) is 13.2. The zero-order valence-corrected chi connectivity index (χ0v) is 43.2. The van der Waals surface area contributed by atoms with E-state index in [1.807, 2.05) is 0 Å². The predicted octanol–water partition coefficient (Wildman–Crippen LogP) is 21.4. The number of anilines is 6. The number of rotatable bonds is 8. The lowest BCUT2D eigenvalue weighted by atomic mass is 10.00. The van der Waals surface area contributed by atoms with Crippen LogP contribution in [0.3, 0.4) is 0 Å². The fourth-order valence-corrected chi connectivity index (χ4v) is 12.2.